The number of ketones is 1. The Morgan fingerprint density at radius 2 is 2.04 bits per heavy atom. The van der Waals surface area contributed by atoms with Crippen molar-refractivity contribution >= 4 is 11.7 Å². The highest BCUT2D eigenvalue weighted by Gasteiger charge is 2.34. The normalized spacial score (nSPS) is 20.9. The number of ether oxygens (including phenoxy) is 1. The van der Waals surface area contributed by atoms with Crippen LogP contribution in [0.15, 0.2) is 30.6 Å². The van der Waals surface area contributed by atoms with E-state index in [-0.39, 0.29) is 30.3 Å². The lowest BCUT2D eigenvalue weighted by atomic mass is 9.86. The van der Waals surface area contributed by atoms with Crippen LogP contribution in [-0.4, -0.2) is 56.0 Å². The number of carbonyl (C=O) groups is 2. The van der Waals surface area contributed by atoms with E-state index in [4.69, 9.17) is 4.74 Å². The summed E-state index contributed by atoms with van der Waals surface area (Å²) in [6.45, 7) is 1.49. The maximum Gasteiger partial charge on any atom is 0.244 e. The van der Waals surface area contributed by atoms with E-state index in [0.29, 0.717) is 30.8 Å². The first-order valence-electron chi connectivity index (χ1n) is 8.48. The van der Waals surface area contributed by atoms with Crippen molar-refractivity contribution in [3.63, 3.8) is 0 Å². The van der Waals surface area contributed by atoms with Gasteiger partial charge in [-0.15, -0.1) is 5.10 Å². The zero-order valence-electron chi connectivity index (χ0n) is 13.7. The highest BCUT2D eigenvalue weighted by molar-refractivity contribution is 5.99. The topological polar surface area (TPSA) is 90.2 Å². The third-order valence-electron chi connectivity index (χ3n) is 4.96. The van der Waals surface area contributed by atoms with Crippen molar-refractivity contribution in [3.8, 4) is 5.75 Å². The van der Waals surface area contributed by atoms with Crippen LogP contribution >= 0.6 is 0 Å². The molecule has 1 atom stereocenters. The number of nitrogens with zero attached hydrogens (tertiary/aromatic N) is 5. The summed E-state index contributed by atoms with van der Waals surface area (Å²) in [5.41, 5.74) is 0.674. The summed E-state index contributed by atoms with van der Waals surface area (Å²) >= 11 is 0. The molecule has 0 bridgehead atoms. The number of carbonyl (C=O) groups excluding carboxylic acids is 2. The van der Waals surface area contributed by atoms with Crippen LogP contribution in [-0.2, 0) is 11.3 Å². The molecule has 4 rings (SSSR count). The van der Waals surface area contributed by atoms with Crippen molar-refractivity contribution in [2.75, 3.05) is 13.1 Å². The van der Waals surface area contributed by atoms with Crippen molar-refractivity contribution in [1.29, 1.82) is 0 Å². The number of fused-ring (bicyclic) bond motifs is 1. The van der Waals surface area contributed by atoms with E-state index < -0.39 is 0 Å². The smallest absolute Gasteiger partial charge is 0.244 e. The SMILES string of the molecule is O=C1CC(C2CCN(C(=O)Cn3cnnn3)CC2)Oc2ccccc21. The summed E-state index contributed by atoms with van der Waals surface area (Å²) < 4.78 is 7.49. The van der Waals surface area contributed by atoms with Gasteiger partial charge >= 0.3 is 0 Å². The summed E-state index contributed by atoms with van der Waals surface area (Å²) in [7, 11) is 0. The second kappa shape index (κ2) is 6.62. The number of piperidine rings is 1. The van der Waals surface area contributed by atoms with Gasteiger partial charge in [0.15, 0.2) is 5.78 Å². The number of rotatable bonds is 3. The summed E-state index contributed by atoms with van der Waals surface area (Å²) in [5, 5.41) is 10.8. The van der Waals surface area contributed by atoms with Gasteiger partial charge in [-0.1, -0.05) is 12.1 Å². The molecule has 0 aliphatic carbocycles. The number of benzene rings is 1. The third-order valence-corrected chi connectivity index (χ3v) is 4.96. The molecule has 2 aromatic rings. The van der Waals surface area contributed by atoms with Crippen molar-refractivity contribution in [2.24, 2.45) is 5.92 Å². The monoisotopic (exact) mass is 341 g/mol. The second-order valence-electron chi connectivity index (χ2n) is 6.51. The molecule has 1 aromatic heterocycles. The lowest BCUT2D eigenvalue weighted by Gasteiger charge is -2.37. The van der Waals surface area contributed by atoms with Crippen LogP contribution in [0.5, 0.6) is 5.75 Å². The number of para-hydroxylation sites is 1. The average Bonchev–Trinajstić information content (AvgIpc) is 3.15. The molecule has 0 N–H and O–H groups in total. The summed E-state index contributed by atoms with van der Waals surface area (Å²) in [6, 6.07) is 7.41. The minimum atomic E-state index is -0.0980. The van der Waals surface area contributed by atoms with E-state index in [9.17, 15) is 9.59 Å². The van der Waals surface area contributed by atoms with E-state index in [0.717, 1.165) is 12.8 Å². The number of Topliss-reactive ketones (excluding diaryl/α,β-unsaturated/α-hetero) is 1. The zero-order valence-corrected chi connectivity index (χ0v) is 13.7. The molecular formula is C17H19N5O3. The van der Waals surface area contributed by atoms with Gasteiger partial charge in [-0.2, -0.15) is 0 Å². The number of tetrazole rings is 1. The largest absolute Gasteiger partial charge is 0.489 e. The Morgan fingerprint density at radius 1 is 1.24 bits per heavy atom. The molecule has 0 saturated carbocycles. The predicted molar refractivity (Wildman–Crippen MR) is 86.9 cm³/mol. The fourth-order valence-electron chi connectivity index (χ4n) is 3.57. The highest BCUT2D eigenvalue weighted by atomic mass is 16.5. The Kier molecular flexibility index (Phi) is 4.17. The minimum Gasteiger partial charge on any atom is -0.489 e. The number of hydrogen-bond acceptors (Lipinski definition) is 6. The van der Waals surface area contributed by atoms with Crippen molar-refractivity contribution in [1.82, 2.24) is 25.1 Å². The zero-order chi connectivity index (χ0) is 17.2. The van der Waals surface area contributed by atoms with Gasteiger partial charge in [-0.3, -0.25) is 9.59 Å². The maximum absolute atomic E-state index is 12.3. The van der Waals surface area contributed by atoms with Crippen LogP contribution in [0, 0.1) is 5.92 Å². The number of hydrogen-bond donors (Lipinski definition) is 0. The Balaban J connectivity index is 1.35. The van der Waals surface area contributed by atoms with E-state index in [1.807, 2.05) is 29.2 Å². The van der Waals surface area contributed by atoms with Crippen LogP contribution in [0.2, 0.25) is 0 Å². The quantitative estimate of drug-likeness (QED) is 0.825. The molecule has 8 heteroatoms. The number of likely N-dealkylation sites (tertiary alicyclic amines) is 1. The molecule has 2 aliphatic rings. The van der Waals surface area contributed by atoms with E-state index in [1.54, 1.807) is 0 Å². The molecule has 1 amide bonds. The van der Waals surface area contributed by atoms with Gasteiger partial charge < -0.3 is 9.64 Å². The molecule has 25 heavy (non-hydrogen) atoms. The van der Waals surface area contributed by atoms with Gasteiger partial charge in [-0.25, -0.2) is 4.68 Å². The minimum absolute atomic E-state index is 0.0109. The first-order chi connectivity index (χ1) is 12.2. The Labute approximate surface area is 144 Å². The van der Waals surface area contributed by atoms with Crippen LogP contribution in [0.25, 0.3) is 0 Å². The lowest BCUT2D eigenvalue weighted by molar-refractivity contribution is -0.134. The van der Waals surface area contributed by atoms with Crippen LogP contribution < -0.4 is 4.74 Å². The molecule has 1 aromatic carbocycles. The molecule has 1 fully saturated rings. The third kappa shape index (κ3) is 3.24. The van der Waals surface area contributed by atoms with Gasteiger partial charge in [0.05, 0.1) is 5.56 Å². The van der Waals surface area contributed by atoms with Crippen LogP contribution in [0.4, 0.5) is 0 Å². The van der Waals surface area contributed by atoms with Crippen molar-refractivity contribution in [2.45, 2.75) is 31.9 Å². The summed E-state index contributed by atoms with van der Waals surface area (Å²) in [6.07, 6.45) is 3.42. The lowest BCUT2D eigenvalue weighted by Crippen LogP contribution is -2.45. The fourth-order valence-corrected chi connectivity index (χ4v) is 3.57. The van der Waals surface area contributed by atoms with Gasteiger partial charge in [0.2, 0.25) is 5.91 Å². The Morgan fingerprint density at radius 3 is 2.80 bits per heavy atom. The van der Waals surface area contributed by atoms with E-state index >= 15 is 0 Å². The van der Waals surface area contributed by atoms with Crippen molar-refractivity contribution in [3.05, 3.63) is 36.2 Å². The molecule has 130 valence electrons. The van der Waals surface area contributed by atoms with Gasteiger partial charge in [0.1, 0.15) is 24.7 Å². The first-order valence-corrected chi connectivity index (χ1v) is 8.48. The Hall–Kier alpha value is -2.77. The first kappa shape index (κ1) is 15.7. The standard InChI is InChI=1S/C17H19N5O3/c23-14-9-16(25-15-4-2-1-3-13(14)15)12-5-7-21(8-6-12)17(24)10-22-11-18-19-20-22/h1-4,11-12,16H,5-10H2. The second-order valence-corrected chi connectivity index (χ2v) is 6.51. The molecule has 8 nitrogen and oxygen atoms in total. The molecule has 0 radical (unpaired) electrons. The number of amides is 1. The molecule has 0 spiro atoms. The molecular weight excluding hydrogens is 322 g/mol. The number of aromatic nitrogens is 4. The van der Waals surface area contributed by atoms with Gasteiger partial charge in [-0.05, 0) is 41.3 Å². The fraction of sp³-hybridized carbons (Fsp3) is 0.471. The Bertz CT molecular complexity index is 768. The predicted octanol–water partition coefficient (Wildman–Crippen LogP) is 0.946. The summed E-state index contributed by atoms with van der Waals surface area (Å²) in [4.78, 5) is 26.4. The average molecular weight is 341 g/mol. The van der Waals surface area contributed by atoms with E-state index in [2.05, 4.69) is 15.5 Å². The molecule has 3 heterocycles. The van der Waals surface area contributed by atoms with Crippen LogP contribution in [0.3, 0.4) is 0 Å². The van der Waals surface area contributed by atoms with Gasteiger partial charge in [0, 0.05) is 19.5 Å². The van der Waals surface area contributed by atoms with Gasteiger partial charge in [0.25, 0.3) is 0 Å². The maximum atomic E-state index is 12.3. The van der Waals surface area contributed by atoms with Crippen LogP contribution in [0.1, 0.15) is 29.6 Å². The molecule has 1 saturated heterocycles. The highest BCUT2D eigenvalue weighted by Crippen LogP contribution is 2.33. The molecule has 1 unspecified atom stereocenters. The van der Waals surface area contributed by atoms with Crippen molar-refractivity contribution < 1.29 is 14.3 Å². The molecule has 2 aliphatic heterocycles. The van der Waals surface area contributed by atoms with E-state index in [1.165, 1.54) is 11.0 Å². The summed E-state index contributed by atoms with van der Waals surface area (Å²) in [5.74, 6) is 1.12.